The predicted molar refractivity (Wildman–Crippen MR) is 101 cm³/mol. The van der Waals surface area contributed by atoms with E-state index in [2.05, 4.69) is 19.9 Å². The van der Waals surface area contributed by atoms with Crippen LogP contribution in [0, 0.1) is 34.5 Å². The number of carbonyl (C=O) groups is 2. The molecule has 4 rings (SSSR count). The van der Waals surface area contributed by atoms with Gasteiger partial charge in [-0.25, -0.2) is 0 Å². The Labute approximate surface area is 157 Å². The molecule has 26 heavy (non-hydrogen) atoms. The van der Waals surface area contributed by atoms with Crippen LogP contribution < -0.4 is 0 Å². The smallest absolute Gasteiger partial charge is 0.146 e. The Morgan fingerprint density at radius 1 is 1.19 bits per heavy atom. The number of hydrogen-bond acceptors (Lipinski definition) is 3. The van der Waals surface area contributed by atoms with E-state index >= 15 is 0 Å². The number of ketones is 1. The Kier molecular flexibility index (Phi) is 4.20. The summed E-state index contributed by atoms with van der Waals surface area (Å²) in [6.07, 6.45) is 10.7. The molecule has 0 bridgehead atoms. The second-order valence-electron chi connectivity index (χ2n) is 9.66. The van der Waals surface area contributed by atoms with Gasteiger partial charge in [0.15, 0.2) is 0 Å². The number of allylic oxidation sites excluding steroid dienone is 4. The van der Waals surface area contributed by atoms with Crippen molar-refractivity contribution >= 4 is 12.1 Å². The van der Waals surface area contributed by atoms with Crippen LogP contribution in [0.5, 0.6) is 0 Å². The Morgan fingerprint density at radius 3 is 2.62 bits per heavy atom. The number of rotatable bonds is 3. The number of hydrogen-bond donors (Lipinski definition) is 0. The molecular weight excluding hydrogens is 324 g/mol. The van der Waals surface area contributed by atoms with Gasteiger partial charge in [0, 0.05) is 12.3 Å². The van der Waals surface area contributed by atoms with Crippen molar-refractivity contribution in [1.82, 2.24) is 0 Å². The predicted octanol–water partition coefficient (Wildman–Crippen LogP) is 4.86. The Morgan fingerprint density at radius 2 is 1.96 bits per heavy atom. The van der Waals surface area contributed by atoms with Gasteiger partial charge in [-0.05, 0) is 91.3 Å². The fourth-order valence-corrected chi connectivity index (χ4v) is 7.43. The van der Waals surface area contributed by atoms with Crippen molar-refractivity contribution in [3.63, 3.8) is 0 Å². The van der Waals surface area contributed by atoms with Gasteiger partial charge in [0.05, 0.1) is 12.9 Å². The topological polar surface area (TPSA) is 43.4 Å². The minimum atomic E-state index is 0.0802. The molecular formula is C23H32O3. The summed E-state index contributed by atoms with van der Waals surface area (Å²) in [4.78, 5) is 24.2. The molecule has 0 aromatic heterocycles. The van der Waals surface area contributed by atoms with Crippen molar-refractivity contribution in [2.45, 2.75) is 65.7 Å². The van der Waals surface area contributed by atoms with Gasteiger partial charge in [-0.15, -0.1) is 0 Å². The molecule has 3 heteroatoms. The molecule has 0 aromatic carbocycles. The normalized spacial score (nSPS) is 44.5. The molecule has 0 spiro atoms. The maximum absolute atomic E-state index is 12.3. The number of aldehydes is 1. The third-order valence-electron chi connectivity index (χ3n) is 8.76. The number of ether oxygens (including phenoxy) is 1. The zero-order valence-corrected chi connectivity index (χ0v) is 16.6. The highest BCUT2D eigenvalue weighted by Gasteiger charge is 2.59. The van der Waals surface area contributed by atoms with Crippen molar-refractivity contribution in [2.75, 3.05) is 7.11 Å². The van der Waals surface area contributed by atoms with E-state index in [1.54, 1.807) is 14.0 Å². The SMILES string of the molecule is COC1=CC2=C(C=O)C[C@H]3[C@@H]4CC[C@H](C(C)=O)[C@@]4(C)CC[C@@H]3[C@@]2(C)CC1. The van der Waals surface area contributed by atoms with Gasteiger partial charge in [-0.2, -0.15) is 0 Å². The summed E-state index contributed by atoms with van der Waals surface area (Å²) in [7, 11) is 1.73. The number of methoxy groups -OCH3 is 1. The zero-order valence-electron chi connectivity index (χ0n) is 16.6. The van der Waals surface area contributed by atoms with Gasteiger partial charge in [0.25, 0.3) is 0 Å². The molecule has 0 heterocycles. The molecule has 142 valence electrons. The first kappa shape index (κ1) is 18.0. The maximum atomic E-state index is 12.3. The molecule has 4 aliphatic carbocycles. The van der Waals surface area contributed by atoms with E-state index in [9.17, 15) is 9.59 Å². The number of carbonyl (C=O) groups excluding carboxylic acids is 2. The minimum Gasteiger partial charge on any atom is -0.501 e. The first-order chi connectivity index (χ1) is 12.3. The van der Waals surface area contributed by atoms with Crippen LogP contribution in [0.25, 0.3) is 0 Å². The second kappa shape index (κ2) is 6.07. The van der Waals surface area contributed by atoms with Crippen LogP contribution in [0.15, 0.2) is 23.0 Å². The first-order valence-electron chi connectivity index (χ1n) is 10.3. The molecule has 0 aromatic rings. The summed E-state index contributed by atoms with van der Waals surface area (Å²) in [5, 5.41) is 0. The summed E-state index contributed by atoms with van der Waals surface area (Å²) < 4.78 is 5.51. The van der Waals surface area contributed by atoms with E-state index in [1.807, 2.05) is 0 Å². The van der Waals surface area contributed by atoms with Crippen LogP contribution in [0.2, 0.25) is 0 Å². The Hall–Kier alpha value is -1.38. The lowest BCUT2D eigenvalue weighted by Crippen LogP contribution is -2.50. The highest BCUT2D eigenvalue weighted by Crippen LogP contribution is 2.66. The fraction of sp³-hybridized carbons (Fsp3) is 0.739. The molecule has 3 nitrogen and oxygen atoms in total. The van der Waals surface area contributed by atoms with Crippen LogP contribution in [-0.4, -0.2) is 19.2 Å². The largest absolute Gasteiger partial charge is 0.501 e. The van der Waals surface area contributed by atoms with Crippen molar-refractivity contribution in [3.8, 4) is 0 Å². The van der Waals surface area contributed by atoms with Crippen LogP contribution in [0.4, 0.5) is 0 Å². The molecule has 4 aliphatic rings. The zero-order chi connectivity index (χ0) is 18.7. The molecule has 2 fully saturated rings. The third kappa shape index (κ3) is 2.31. The summed E-state index contributed by atoms with van der Waals surface area (Å²) in [6.45, 7) is 6.52. The molecule has 0 amide bonds. The molecule has 6 atom stereocenters. The molecule has 0 unspecified atom stereocenters. The van der Waals surface area contributed by atoms with E-state index < -0.39 is 0 Å². The standard InChI is InChI=1S/C23H32O3/c1-14(25)18-5-6-19-17-11-15(13-24)21-12-16(26-4)7-9-23(21,3)20(17)8-10-22(18,19)2/h12-13,17-20H,5-11H2,1-4H3/t17-,18+,19-,20-,22+,23+/m0/s1. The quantitative estimate of drug-likeness (QED) is 0.678. The Bertz CT molecular complexity index is 702. The summed E-state index contributed by atoms with van der Waals surface area (Å²) >= 11 is 0. The molecule has 0 aliphatic heterocycles. The van der Waals surface area contributed by atoms with Gasteiger partial charge in [-0.1, -0.05) is 13.8 Å². The molecule has 0 radical (unpaired) electrons. The average Bonchev–Trinajstić information content (AvgIpc) is 2.98. The summed E-state index contributed by atoms with van der Waals surface area (Å²) in [6, 6.07) is 0. The third-order valence-corrected chi connectivity index (χ3v) is 8.76. The van der Waals surface area contributed by atoms with Crippen LogP contribution >= 0.6 is 0 Å². The lowest BCUT2D eigenvalue weighted by atomic mass is 9.47. The molecule has 0 saturated heterocycles. The van der Waals surface area contributed by atoms with Gasteiger partial charge in [-0.3, -0.25) is 9.59 Å². The number of Topliss-reactive ketones (excluding diaryl/α,β-unsaturated/α-hetero) is 1. The molecule has 2 saturated carbocycles. The second-order valence-corrected chi connectivity index (χ2v) is 9.66. The number of fused-ring (bicyclic) bond motifs is 5. The average molecular weight is 357 g/mol. The van der Waals surface area contributed by atoms with E-state index in [1.165, 1.54) is 12.0 Å². The van der Waals surface area contributed by atoms with E-state index in [0.717, 1.165) is 56.1 Å². The lowest BCUT2D eigenvalue weighted by Gasteiger charge is -2.57. The highest BCUT2D eigenvalue weighted by molar-refractivity contribution is 5.80. The van der Waals surface area contributed by atoms with Crippen molar-refractivity contribution in [3.05, 3.63) is 23.0 Å². The van der Waals surface area contributed by atoms with Crippen molar-refractivity contribution < 1.29 is 14.3 Å². The lowest BCUT2D eigenvalue weighted by molar-refractivity contribution is -0.127. The molecule has 0 N–H and O–H groups in total. The summed E-state index contributed by atoms with van der Waals surface area (Å²) in [5.74, 6) is 3.35. The minimum absolute atomic E-state index is 0.0802. The van der Waals surface area contributed by atoms with Crippen LogP contribution in [-0.2, 0) is 14.3 Å². The van der Waals surface area contributed by atoms with Gasteiger partial charge < -0.3 is 4.74 Å². The van der Waals surface area contributed by atoms with Gasteiger partial charge >= 0.3 is 0 Å². The van der Waals surface area contributed by atoms with Crippen LogP contribution in [0.1, 0.15) is 65.7 Å². The highest BCUT2D eigenvalue weighted by atomic mass is 16.5. The monoisotopic (exact) mass is 356 g/mol. The first-order valence-corrected chi connectivity index (χ1v) is 10.3. The van der Waals surface area contributed by atoms with E-state index in [0.29, 0.717) is 23.5 Å². The van der Waals surface area contributed by atoms with Crippen molar-refractivity contribution in [2.24, 2.45) is 34.5 Å². The van der Waals surface area contributed by atoms with E-state index in [4.69, 9.17) is 4.74 Å². The fourth-order valence-electron chi connectivity index (χ4n) is 7.43. The van der Waals surface area contributed by atoms with Gasteiger partial charge in [0.2, 0.25) is 0 Å². The van der Waals surface area contributed by atoms with E-state index in [-0.39, 0.29) is 16.7 Å². The van der Waals surface area contributed by atoms with Gasteiger partial charge in [0.1, 0.15) is 12.1 Å². The maximum Gasteiger partial charge on any atom is 0.146 e. The van der Waals surface area contributed by atoms with Crippen molar-refractivity contribution in [1.29, 1.82) is 0 Å². The van der Waals surface area contributed by atoms with Crippen LogP contribution in [0.3, 0.4) is 0 Å². The summed E-state index contributed by atoms with van der Waals surface area (Å²) in [5.41, 5.74) is 2.44. The Balaban J connectivity index is 1.76.